The molecule has 7 heteroatoms. The summed E-state index contributed by atoms with van der Waals surface area (Å²) in [4.78, 5) is 30.1. The molecular formula is C20H19ClN2O4. The average molecular weight is 387 g/mol. The number of nitrogens with zero attached hydrogens (tertiary/aromatic N) is 2. The molecule has 0 radical (unpaired) electrons. The lowest BCUT2D eigenvalue weighted by Crippen LogP contribution is -2.30. The molecule has 0 saturated carbocycles. The molecule has 0 unspecified atom stereocenters. The molecule has 1 heterocycles. The number of hydrogen-bond donors (Lipinski definition) is 0. The van der Waals surface area contributed by atoms with E-state index < -0.39 is 5.97 Å². The number of esters is 1. The summed E-state index contributed by atoms with van der Waals surface area (Å²) < 4.78 is 10.3. The summed E-state index contributed by atoms with van der Waals surface area (Å²) in [5.41, 5.74) is 2.22. The van der Waals surface area contributed by atoms with E-state index in [0.717, 1.165) is 5.56 Å². The van der Waals surface area contributed by atoms with Crippen molar-refractivity contribution in [1.29, 1.82) is 0 Å². The van der Waals surface area contributed by atoms with Crippen molar-refractivity contribution >= 4 is 34.6 Å². The van der Waals surface area contributed by atoms with Crippen LogP contribution in [0.4, 0.5) is 0 Å². The summed E-state index contributed by atoms with van der Waals surface area (Å²) in [5, 5.41) is 0.567. The Balaban J connectivity index is 1.79. The van der Waals surface area contributed by atoms with Gasteiger partial charge in [-0.25, -0.2) is 4.98 Å². The van der Waals surface area contributed by atoms with E-state index in [1.165, 1.54) is 7.11 Å². The highest BCUT2D eigenvalue weighted by Gasteiger charge is 2.19. The van der Waals surface area contributed by atoms with Crippen LogP contribution in [0, 0.1) is 0 Å². The zero-order valence-corrected chi connectivity index (χ0v) is 15.6. The van der Waals surface area contributed by atoms with Crippen LogP contribution in [0.25, 0.3) is 11.1 Å². The topological polar surface area (TPSA) is 72.6 Å². The van der Waals surface area contributed by atoms with E-state index in [9.17, 15) is 9.59 Å². The van der Waals surface area contributed by atoms with Gasteiger partial charge in [-0.15, -0.1) is 0 Å². The number of halogens is 1. The summed E-state index contributed by atoms with van der Waals surface area (Å²) in [5.74, 6) is -0.182. The van der Waals surface area contributed by atoms with Crippen LogP contribution in [0.15, 0.2) is 52.9 Å². The van der Waals surface area contributed by atoms with Crippen LogP contribution in [0.5, 0.6) is 0 Å². The van der Waals surface area contributed by atoms with Gasteiger partial charge in [-0.2, -0.15) is 0 Å². The number of methoxy groups -OCH3 is 1. The fraction of sp³-hybridized carbons (Fsp3) is 0.250. The zero-order chi connectivity index (χ0) is 19.2. The molecule has 1 amide bonds. The van der Waals surface area contributed by atoms with Crippen LogP contribution in [-0.4, -0.2) is 28.9 Å². The minimum absolute atomic E-state index is 0.0315. The summed E-state index contributed by atoms with van der Waals surface area (Å²) in [7, 11) is 1.30. The molecule has 0 fully saturated rings. The molecule has 2 aromatic carbocycles. The first-order valence-electron chi connectivity index (χ1n) is 8.48. The SMILES string of the molecule is COC(=O)CCC(=O)N(Cc1ccccc1)Cc1nc2cc(Cl)ccc2o1. The van der Waals surface area contributed by atoms with Crippen molar-refractivity contribution in [3.05, 3.63) is 65.0 Å². The van der Waals surface area contributed by atoms with E-state index in [0.29, 0.717) is 28.6 Å². The Morgan fingerprint density at radius 2 is 1.89 bits per heavy atom. The molecule has 0 aliphatic heterocycles. The number of hydrogen-bond acceptors (Lipinski definition) is 5. The van der Waals surface area contributed by atoms with E-state index in [4.69, 9.17) is 16.0 Å². The first kappa shape index (κ1) is 18.9. The maximum atomic E-state index is 12.7. The lowest BCUT2D eigenvalue weighted by molar-refractivity contribution is -0.144. The summed E-state index contributed by atoms with van der Waals surface area (Å²) in [6, 6.07) is 14.8. The van der Waals surface area contributed by atoms with Gasteiger partial charge in [-0.1, -0.05) is 41.9 Å². The Bertz CT molecular complexity index is 940. The predicted octanol–water partition coefficient (Wildman–Crippen LogP) is 3.96. The quantitative estimate of drug-likeness (QED) is 0.574. The molecule has 1 aromatic heterocycles. The van der Waals surface area contributed by atoms with Gasteiger partial charge in [0.05, 0.1) is 20.1 Å². The van der Waals surface area contributed by atoms with Crippen LogP contribution < -0.4 is 0 Å². The Morgan fingerprint density at radius 1 is 1.11 bits per heavy atom. The van der Waals surface area contributed by atoms with Gasteiger partial charge in [0.25, 0.3) is 0 Å². The van der Waals surface area contributed by atoms with Gasteiger partial charge >= 0.3 is 5.97 Å². The molecule has 0 bridgehead atoms. The van der Waals surface area contributed by atoms with E-state index in [1.807, 2.05) is 30.3 Å². The molecule has 0 atom stereocenters. The normalized spacial score (nSPS) is 10.7. The summed E-state index contributed by atoms with van der Waals surface area (Å²) in [6.07, 6.45) is 0.0926. The van der Waals surface area contributed by atoms with E-state index in [-0.39, 0.29) is 25.3 Å². The predicted molar refractivity (Wildman–Crippen MR) is 101 cm³/mol. The van der Waals surface area contributed by atoms with Gasteiger partial charge in [0, 0.05) is 18.0 Å². The molecule has 0 spiro atoms. The third kappa shape index (κ3) is 5.08. The fourth-order valence-electron chi connectivity index (χ4n) is 2.68. The summed E-state index contributed by atoms with van der Waals surface area (Å²) >= 11 is 5.99. The number of carbonyl (C=O) groups excluding carboxylic acids is 2. The molecule has 3 rings (SSSR count). The molecule has 0 aliphatic rings. The van der Waals surface area contributed by atoms with Crippen LogP contribution >= 0.6 is 11.6 Å². The minimum Gasteiger partial charge on any atom is -0.469 e. The van der Waals surface area contributed by atoms with Crippen LogP contribution in [-0.2, 0) is 27.4 Å². The Morgan fingerprint density at radius 3 is 2.63 bits per heavy atom. The van der Waals surface area contributed by atoms with Crippen LogP contribution in [0.3, 0.4) is 0 Å². The number of carbonyl (C=O) groups is 2. The number of amides is 1. The maximum absolute atomic E-state index is 12.7. The highest BCUT2D eigenvalue weighted by atomic mass is 35.5. The van der Waals surface area contributed by atoms with Crippen molar-refractivity contribution in [3.63, 3.8) is 0 Å². The number of ether oxygens (including phenoxy) is 1. The number of rotatable bonds is 7. The third-order valence-electron chi connectivity index (χ3n) is 4.06. The molecule has 0 saturated heterocycles. The second-order valence-electron chi connectivity index (χ2n) is 6.03. The Hall–Kier alpha value is -2.86. The molecular weight excluding hydrogens is 368 g/mol. The lowest BCUT2D eigenvalue weighted by atomic mass is 10.2. The monoisotopic (exact) mass is 386 g/mol. The van der Waals surface area contributed by atoms with Crippen molar-refractivity contribution in [2.75, 3.05) is 7.11 Å². The van der Waals surface area contributed by atoms with Crippen molar-refractivity contribution in [2.24, 2.45) is 0 Å². The second kappa shape index (κ2) is 8.68. The first-order valence-corrected chi connectivity index (χ1v) is 8.86. The van der Waals surface area contributed by atoms with E-state index in [1.54, 1.807) is 23.1 Å². The minimum atomic E-state index is -0.417. The smallest absolute Gasteiger partial charge is 0.306 e. The highest BCUT2D eigenvalue weighted by molar-refractivity contribution is 6.31. The van der Waals surface area contributed by atoms with Gasteiger partial charge in [0.2, 0.25) is 11.8 Å². The molecule has 6 nitrogen and oxygen atoms in total. The molecule has 0 aliphatic carbocycles. The first-order chi connectivity index (χ1) is 13.0. The van der Waals surface area contributed by atoms with E-state index >= 15 is 0 Å². The van der Waals surface area contributed by atoms with Crippen molar-refractivity contribution < 1.29 is 18.7 Å². The van der Waals surface area contributed by atoms with Crippen LogP contribution in [0.2, 0.25) is 5.02 Å². The second-order valence-corrected chi connectivity index (χ2v) is 6.47. The van der Waals surface area contributed by atoms with Crippen molar-refractivity contribution in [2.45, 2.75) is 25.9 Å². The zero-order valence-electron chi connectivity index (χ0n) is 14.9. The third-order valence-corrected chi connectivity index (χ3v) is 4.29. The maximum Gasteiger partial charge on any atom is 0.306 e. The molecule has 27 heavy (non-hydrogen) atoms. The fourth-order valence-corrected chi connectivity index (χ4v) is 2.85. The van der Waals surface area contributed by atoms with E-state index in [2.05, 4.69) is 9.72 Å². The molecule has 3 aromatic rings. The van der Waals surface area contributed by atoms with Crippen molar-refractivity contribution in [3.8, 4) is 0 Å². The largest absolute Gasteiger partial charge is 0.469 e. The lowest BCUT2D eigenvalue weighted by Gasteiger charge is -2.21. The Labute approximate surface area is 161 Å². The average Bonchev–Trinajstić information content (AvgIpc) is 3.07. The standard InChI is InChI=1S/C20H19ClN2O4/c1-26-20(25)10-9-19(24)23(12-14-5-3-2-4-6-14)13-18-22-16-11-15(21)7-8-17(16)27-18/h2-8,11H,9-10,12-13H2,1H3. The number of fused-ring (bicyclic) bond motifs is 1. The highest BCUT2D eigenvalue weighted by Crippen LogP contribution is 2.21. The number of benzene rings is 2. The van der Waals surface area contributed by atoms with Crippen molar-refractivity contribution in [1.82, 2.24) is 9.88 Å². The number of aromatic nitrogens is 1. The van der Waals surface area contributed by atoms with Crippen LogP contribution in [0.1, 0.15) is 24.3 Å². The number of oxazole rings is 1. The van der Waals surface area contributed by atoms with Gasteiger partial charge in [0.15, 0.2) is 5.58 Å². The van der Waals surface area contributed by atoms with Gasteiger partial charge in [-0.05, 0) is 23.8 Å². The van der Waals surface area contributed by atoms with Gasteiger partial charge in [-0.3, -0.25) is 9.59 Å². The summed E-state index contributed by atoms with van der Waals surface area (Å²) in [6.45, 7) is 0.585. The van der Waals surface area contributed by atoms with Gasteiger partial charge in [0.1, 0.15) is 5.52 Å². The Kier molecular flexibility index (Phi) is 6.08. The van der Waals surface area contributed by atoms with Gasteiger partial charge < -0.3 is 14.1 Å². The molecule has 0 N–H and O–H groups in total. The molecule has 140 valence electrons.